The number of carbonyl (C=O) groups excluding carboxylic acids is 1. The Kier molecular flexibility index (Phi) is 7.60. The number of hydrogen-bond donors (Lipinski definition) is 0. The third kappa shape index (κ3) is 6.34. The molecule has 1 saturated heterocycles. The second-order valence-electron chi connectivity index (χ2n) is 6.89. The van der Waals surface area contributed by atoms with Gasteiger partial charge in [-0.1, -0.05) is 43.7 Å². The maximum absolute atomic E-state index is 12.1. The fourth-order valence-electron chi connectivity index (χ4n) is 3.33. The number of unbranched alkanes of at least 4 members (excludes halogenated alkanes) is 1. The minimum Gasteiger partial charge on any atom is -0.346 e. The molecule has 2 rings (SSSR count). The lowest BCUT2D eigenvalue weighted by molar-refractivity contribution is -0.130. The predicted molar refractivity (Wildman–Crippen MR) is 96.5 cm³/mol. The first-order valence-electron chi connectivity index (χ1n) is 9.19. The van der Waals surface area contributed by atoms with Crippen LogP contribution in [0.1, 0.15) is 44.6 Å². The number of rotatable bonds is 8. The van der Waals surface area contributed by atoms with Crippen molar-refractivity contribution in [3.63, 3.8) is 0 Å². The summed E-state index contributed by atoms with van der Waals surface area (Å²) < 4.78 is 0. The fraction of sp³-hybridized carbons (Fsp3) is 0.650. The summed E-state index contributed by atoms with van der Waals surface area (Å²) >= 11 is 0. The number of piperidine rings is 1. The van der Waals surface area contributed by atoms with E-state index in [-0.39, 0.29) is 0 Å². The molecule has 3 heteroatoms. The van der Waals surface area contributed by atoms with Gasteiger partial charge < -0.3 is 9.80 Å². The Morgan fingerprint density at radius 3 is 2.57 bits per heavy atom. The minimum atomic E-state index is 0.296. The molecule has 1 aromatic rings. The lowest BCUT2D eigenvalue weighted by Crippen LogP contribution is -2.37. The van der Waals surface area contributed by atoms with Gasteiger partial charge >= 0.3 is 0 Å². The van der Waals surface area contributed by atoms with E-state index in [0.717, 1.165) is 44.9 Å². The topological polar surface area (TPSA) is 23.6 Å². The van der Waals surface area contributed by atoms with Crippen LogP contribution < -0.4 is 0 Å². The first-order chi connectivity index (χ1) is 11.2. The highest BCUT2D eigenvalue weighted by Gasteiger charge is 2.20. The smallest absolute Gasteiger partial charge is 0.223 e. The Hall–Kier alpha value is -1.35. The van der Waals surface area contributed by atoms with E-state index in [9.17, 15) is 4.79 Å². The Morgan fingerprint density at radius 2 is 1.91 bits per heavy atom. The molecule has 1 aliphatic heterocycles. The van der Waals surface area contributed by atoms with Crippen molar-refractivity contribution >= 4 is 5.91 Å². The molecule has 3 nitrogen and oxygen atoms in total. The van der Waals surface area contributed by atoms with Gasteiger partial charge in [-0.2, -0.15) is 0 Å². The normalized spacial score (nSPS) is 16.4. The molecule has 1 aliphatic rings. The van der Waals surface area contributed by atoms with Gasteiger partial charge in [0.15, 0.2) is 0 Å². The summed E-state index contributed by atoms with van der Waals surface area (Å²) in [6, 6.07) is 10.8. The maximum Gasteiger partial charge on any atom is 0.223 e. The standard InChI is InChI=1S/C20H32N2O/c1-3-4-13-21(2)20(23)12-16-22-14-10-19(11-15-22)17-18-8-6-5-7-9-18/h5-9,19H,3-4,10-17H2,1-2H3. The monoisotopic (exact) mass is 316 g/mol. The van der Waals surface area contributed by atoms with Gasteiger partial charge in [0.1, 0.15) is 0 Å². The highest BCUT2D eigenvalue weighted by molar-refractivity contribution is 5.76. The Labute approximate surface area is 141 Å². The SMILES string of the molecule is CCCCN(C)C(=O)CCN1CCC(Cc2ccccc2)CC1. The molecular weight excluding hydrogens is 284 g/mol. The Bertz CT molecular complexity index is 452. The molecule has 0 radical (unpaired) electrons. The third-order valence-electron chi connectivity index (χ3n) is 4.99. The van der Waals surface area contributed by atoms with Crippen molar-refractivity contribution in [1.82, 2.24) is 9.80 Å². The molecule has 1 heterocycles. The molecule has 0 N–H and O–H groups in total. The summed E-state index contributed by atoms with van der Waals surface area (Å²) in [6.45, 7) is 6.27. The summed E-state index contributed by atoms with van der Waals surface area (Å²) in [5, 5.41) is 0. The van der Waals surface area contributed by atoms with E-state index in [4.69, 9.17) is 0 Å². The van der Waals surface area contributed by atoms with Crippen LogP contribution in [-0.2, 0) is 11.2 Å². The molecule has 128 valence electrons. The average Bonchev–Trinajstić information content (AvgIpc) is 2.59. The first kappa shape index (κ1) is 18.0. The van der Waals surface area contributed by atoms with Crippen LogP contribution >= 0.6 is 0 Å². The van der Waals surface area contributed by atoms with Gasteiger partial charge in [0.25, 0.3) is 0 Å². The van der Waals surface area contributed by atoms with Crippen LogP contribution in [0, 0.1) is 5.92 Å². The van der Waals surface area contributed by atoms with Crippen molar-refractivity contribution in [2.24, 2.45) is 5.92 Å². The van der Waals surface area contributed by atoms with Crippen LogP contribution in [-0.4, -0.2) is 48.9 Å². The Balaban J connectivity index is 1.64. The zero-order valence-electron chi connectivity index (χ0n) is 14.8. The lowest BCUT2D eigenvalue weighted by Gasteiger charge is -2.32. The fourth-order valence-corrected chi connectivity index (χ4v) is 3.33. The molecule has 0 spiro atoms. The first-order valence-corrected chi connectivity index (χ1v) is 9.19. The molecule has 0 unspecified atom stereocenters. The van der Waals surface area contributed by atoms with Crippen molar-refractivity contribution in [3.8, 4) is 0 Å². The van der Waals surface area contributed by atoms with Crippen molar-refractivity contribution in [3.05, 3.63) is 35.9 Å². The van der Waals surface area contributed by atoms with Crippen LogP contribution in [0.5, 0.6) is 0 Å². The van der Waals surface area contributed by atoms with Gasteiger partial charge in [-0.05, 0) is 50.3 Å². The Morgan fingerprint density at radius 1 is 1.22 bits per heavy atom. The molecule has 1 aromatic carbocycles. The molecule has 0 aromatic heterocycles. The van der Waals surface area contributed by atoms with Crippen LogP contribution in [0.4, 0.5) is 0 Å². The largest absolute Gasteiger partial charge is 0.346 e. The van der Waals surface area contributed by atoms with E-state index in [1.807, 2.05) is 11.9 Å². The van der Waals surface area contributed by atoms with Crippen LogP contribution in [0.25, 0.3) is 0 Å². The van der Waals surface area contributed by atoms with Gasteiger partial charge in [-0.25, -0.2) is 0 Å². The zero-order valence-corrected chi connectivity index (χ0v) is 14.8. The van der Waals surface area contributed by atoms with E-state index in [0.29, 0.717) is 12.3 Å². The molecule has 0 saturated carbocycles. The predicted octanol–water partition coefficient (Wildman–Crippen LogP) is 3.59. The molecule has 0 bridgehead atoms. The van der Waals surface area contributed by atoms with Crippen LogP contribution in [0.3, 0.4) is 0 Å². The van der Waals surface area contributed by atoms with Crippen molar-refractivity contribution < 1.29 is 4.79 Å². The van der Waals surface area contributed by atoms with Crippen molar-refractivity contribution in [1.29, 1.82) is 0 Å². The summed E-state index contributed by atoms with van der Waals surface area (Å²) in [4.78, 5) is 16.5. The van der Waals surface area contributed by atoms with E-state index in [2.05, 4.69) is 42.2 Å². The van der Waals surface area contributed by atoms with E-state index in [1.165, 1.54) is 24.8 Å². The van der Waals surface area contributed by atoms with Crippen LogP contribution in [0.2, 0.25) is 0 Å². The maximum atomic E-state index is 12.1. The quantitative estimate of drug-likeness (QED) is 0.732. The molecule has 1 fully saturated rings. The van der Waals surface area contributed by atoms with Gasteiger partial charge in [0.05, 0.1) is 0 Å². The summed E-state index contributed by atoms with van der Waals surface area (Å²) in [5.74, 6) is 1.10. The van der Waals surface area contributed by atoms with Gasteiger partial charge in [-0.3, -0.25) is 4.79 Å². The van der Waals surface area contributed by atoms with Crippen LogP contribution in [0.15, 0.2) is 30.3 Å². The molecule has 1 amide bonds. The lowest BCUT2D eigenvalue weighted by atomic mass is 9.90. The van der Waals surface area contributed by atoms with E-state index in [1.54, 1.807) is 0 Å². The number of amides is 1. The number of carbonyl (C=O) groups is 1. The summed E-state index contributed by atoms with van der Waals surface area (Å²) in [5.41, 5.74) is 1.46. The second-order valence-corrected chi connectivity index (χ2v) is 6.89. The summed E-state index contributed by atoms with van der Waals surface area (Å²) in [7, 11) is 1.93. The van der Waals surface area contributed by atoms with Gasteiger partial charge in [-0.15, -0.1) is 0 Å². The number of hydrogen-bond acceptors (Lipinski definition) is 2. The van der Waals surface area contributed by atoms with Crippen molar-refractivity contribution in [2.45, 2.75) is 45.4 Å². The average molecular weight is 316 g/mol. The minimum absolute atomic E-state index is 0.296. The molecule has 0 aliphatic carbocycles. The summed E-state index contributed by atoms with van der Waals surface area (Å²) in [6.07, 6.45) is 6.64. The number of benzene rings is 1. The van der Waals surface area contributed by atoms with Gasteiger partial charge in [0.2, 0.25) is 5.91 Å². The highest BCUT2D eigenvalue weighted by atomic mass is 16.2. The number of likely N-dealkylation sites (tertiary alicyclic amines) is 1. The molecule has 23 heavy (non-hydrogen) atoms. The van der Waals surface area contributed by atoms with Gasteiger partial charge in [0, 0.05) is 26.6 Å². The van der Waals surface area contributed by atoms with E-state index >= 15 is 0 Å². The molecular formula is C20H32N2O. The van der Waals surface area contributed by atoms with E-state index < -0.39 is 0 Å². The molecule has 0 atom stereocenters. The third-order valence-corrected chi connectivity index (χ3v) is 4.99. The zero-order chi connectivity index (χ0) is 16.5. The number of nitrogens with zero attached hydrogens (tertiary/aromatic N) is 2. The second kappa shape index (κ2) is 9.71. The van der Waals surface area contributed by atoms with Crippen molar-refractivity contribution in [2.75, 3.05) is 33.2 Å². The highest BCUT2D eigenvalue weighted by Crippen LogP contribution is 2.21.